The summed E-state index contributed by atoms with van der Waals surface area (Å²) < 4.78 is 32.3. The van der Waals surface area contributed by atoms with E-state index in [1.807, 2.05) is 18.4 Å². The van der Waals surface area contributed by atoms with Crippen LogP contribution in [-0.4, -0.2) is 5.91 Å². The van der Waals surface area contributed by atoms with Crippen LogP contribution in [0.3, 0.4) is 0 Å². The van der Waals surface area contributed by atoms with E-state index in [0.717, 1.165) is 22.6 Å². The number of hydrogen-bond donors (Lipinski definition) is 1. The number of amides is 1. The third kappa shape index (κ3) is 2.90. The van der Waals surface area contributed by atoms with Crippen molar-refractivity contribution in [3.63, 3.8) is 0 Å². The highest BCUT2D eigenvalue weighted by Crippen LogP contribution is 2.24. The van der Waals surface area contributed by atoms with E-state index in [0.29, 0.717) is 0 Å². The summed E-state index contributed by atoms with van der Waals surface area (Å²) in [7, 11) is 0. The Hall–Kier alpha value is -1.95. The Morgan fingerprint density at radius 3 is 2.74 bits per heavy atom. The normalized spacial score (nSPS) is 10.5. The Labute approximate surface area is 112 Å². The summed E-state index contributed by atoms with van der Waals surface area (Å²) >= 11 is 1.48. The second-order valence-corrected chi connectivity index (χ2v) is 4.97. The van der Waals surface area contributed by atoms with Gasteiger partial charge in [0.05, 0.1) is 0 Å². The Morgan fingerprint density at radius 2 is 2.16 bits per heavy atom. The van der Waals surface area contributed by atoms with Gasteiger partial charge in [-0.05, 0) is 36.1 Å². The summed E-state index contributed by atoms with van der Waals surface area (Å²) in [6.07, 6.45) is 0. The molecule has 0 radical (unpaired) electrons. The summed E-state index contributed by atoms with van der Waals surface area (Å²) in [5, 5.41) is 1.94. The second kappa shape index (κ2) is 5.36. The number of nitrogens with two attached hydrogens (primary N) is 1. The SMILES string of the molecule is Cc1csc(COc2ccc(F)c(C(N)=O)c2F)c1. The lowest BCUT2D eigenvalue weighted by atomic mass is 10.1. The number of aryl methyl sites for hydroxylation is 1. The van der Waals surface area contributed by atoms with Crippen molar-refractivity contribution in [2.45, 2.75) is 13.5 Å². The molecule has 19 heavy (non-hydrogen) atoms. The van der Waals surface area contributed by atoms with Gasteiger partial charge in [-0.25, -0.2) is 8.78 Å². The molecule has 0 atom stereocenters. The Bertz CT molecular complexity index is 625. The largest absolute Gasteiger partial charge is 0.485 e. The number of halogens is 2. The third-order valence-corrected chi connectivity index (χ3v) is 3.48. The van der Waals surface area contributed by atoms with Crippen LogP contribution in [0.1, 0.15) is 20.8 Å². The Kier molecular flexibility index (Phi) is 3.80. The molecule has 2 aromatic rings. The summed E-state index contributed by atoms with van der Waals surface area (Å²) in [6.45, 7) is 2.09. The molecule has 0 aliphatic heterocycles. The van der Waals surface area contributed by atoms with E-state index in [1.165, 1.54) is 11.3 Å². The van der Waals surface area contributed by atoms with Gasteiger partial charge in [-0.2, -0.15) is 0 Å². The van der Waals surface area contributed by atoms with Crippen LogP contribution in [0.25, 0.3) is 0 Å². The van der Waals surface area contributed by atoms with Crippen LogP contribution in [0.15, 0.2) is 23.6 Å². The van der Waals surface area contributed by atoms with Crippen molar-refractivity contribution in [1.29, 1.82) is 0 Å². The minimum Gasteiger partial charge on any atom is -0.485 e. The monoisotopic (exact) mass is 283 g/mol. The van der Waals surface area contributed by atoms with Gasteiger partial charge in [-0.3, -0.25) is 4.79 Å². The zero-order valence-electron chi connectivity index (χ0n) is 10.1. The number of carbonyl (C=O) groups is 1. The summed E-state index contributed by atoms with van der Waals surface area (Å²) in [5.41, 5.74) is 5.23. The minimum absolute atomic E-state index is 0.152. The molecule has 1 heterocycles. The minimum atomic E-state index is -1.16. The van der Waals surface area contributed by atoms with Crippen LogP contribution < -0.4 is 10.5 Å². The van der Waals surface area contributed by atoms with Crippen LogP contribution in [0.5, 0.6) is 5.75 Å². The van der Waals surface area contributed by atoms with Gasteiger partial charge in [0.15, 0.2) is 11.6 Å². The van der Waals surface area contributed by atoms with Gasteiger partial charge in [-0.1, -0.05) is 0 Å². The van der Waals surface area contributed by atoms with Gasteiger partial charge in [-0.15, -0.1) is 11.3 Å². The smallest absolute Gasteiger partial charge is 0.254 e. The van der Waals surface area contributed by atoms with Gasteiger partial charge in [0.1, 0.15) is 18.0 Å². The quantitative estimate of drug-likeness (QED) is 0.937. The zero-order valence-corrected chi connectivity index (χ0v) is 10.9. The molecule has 100 valence electrons. The van der Waals surface area contributed by atoms with Crippen LogP contribution >= 0.6 is 11.3 Å². The number of ether oxygens (including phenoxy) is 1. The molecule has 0 aliphatic rings. The molecule has 1 aromatic heterocycles. The number of benzene rings is 1. The first-order valence-corrected chi connectivity index (χ1v) is 6.31. The zero-order chi connectivity index (χ0) is 14.0. The lowest BCUT2D eigenvalue weighted by Crippen LogP contribution is -2.16. The first-order chi connectivity index (χ1) is 8.99. The maximum atomic E-state index is 13.8. The first kappa shape index (κ1) is 13.5. The summed E-state index contributed by atoms with van der Waals surface area (Å²) in [4.78, 5) is 11.9. The van der Waals surface area contributed by atoms with Crippen LogP contribution in [-0.2, 0) is 6.61 Å². The van der Waals surface area contributed by atoms with Crippen molar-refractivity contribution < 1.29 is 18.3 Å². The van der Waals surface area contributed by atoms with E-state index in [2.05, 4.69) is 0 Å². The van der Waals surface area contributed by atoms with Gasteiger partial charge >= 0.3 is 0 Å². The molecular weight excluding hydrogens is 272 g/mol. The highest BCUT2D eigenvalue weighted by Gasteiger charge is 2.19. The standard InChI is InChI=1S/C13H11F2NO2S/c1-7-4-8(19-6-7)5-18-10-3-2-9(14)11(12(10)15)13(16)17/h2-4,6H,5H2,1H3,(H2,16,17). The van der Waals surface area contributed by atoms with Crippen molar-refractivity contribution in [3.05, 3.63) is 51.2 Å². The van der Waals surface area contributed by atoms with E-state index in [4.69, 9.17) is 10.5 Å². The lowest BCUT2D eigenvalue weighted by Gasteiger charge is -2.08. The molecule has 0 bridgehead atoms. The van der Waals surface area contributed by atoms with Crippen LogP contribution in [0, 0.1) is 18.6 Å². The van der Waals surface area contributed by atoms with E-state index >= 15 is 0 Å². The average molecular weight is 283 g/mol. The first-order valence-electron chi connectivity index (χ1n) is 5.43. The van der Waals surface area contributed by atoms with Gasteiger partial charge in [0, 0.05) is 4.88 Å². The fraction of sp³-hybridized carbons (Fsp3) is 0.154. The molecule has 2 N–H and O–H groups in total. The van der Waals surface area contributed by atoms with Gasteiger partial charge in [0.2, 0.25) is 0 Å². The van der Waals surface area contributed by atoms with Crippen molar-refractivity contribution in [1.82, 2.24) is 0 Å². The number of primary amides is 1. The highest BCUT2D eigenvalue weighted by atomic mass is 32.1. The predicted octanol–water partition coefficient (Wildman–Crippen LogP) is 3.01. The fourth-order valence-corrected chi connectivity index (χ4v) is 2.37. The molecule has 2 rings (SSSR count). The molecule has 0 spiro atoms. The molecule has 3 nitrogen and oxygen atoms in total. The molecule has 0 unspecified atom stereocenters. The lowest BCUT2D eigenvalue weighted by molar-refractivity contribution is 0.0991. The average Bonchev–Trinajstić information content (AvgIpc) is 2.74. The van der Waals surface area contributed by atoms with Gasteiger partial charge < -0.3 is 10.5 Å². The molecule has 0 saturated heterocycles. The fourth-order valence-electron chi connectivity index (χ4n) is 1.59. The number of hydrogen-bond acceptors (Lipinski definition) is 3. The number of rotatable bonds is 4. The van der Waals surface area contributed by atoms with Crippen LogP contribution in [0.2, 0.25) is 0 Å². The van der Waals surface area contributed by atoms with E-state index in [1.54, 1.807) is 0 Å². The third-order valence-electron chi connectivity index (χ3n) is 2.46. The maximum Gasteiger partial charge on any atom is 0.254 e. The second-order valence-electron chi connectivity index (χ2n) is 3.98. The molecular formula is C13H11F2NO2S. The molecule has 0 fully saturated rings. The molecule has 0 saturated carbocycles. The van der Waals surface area contributed by atoms with Crippen molar-refractivity contribution in [3.8, 4) is 5.75 Å². The Morgan fingerprint density at radius 1 is 1.42 bits per heavy atom. The van der Waals surface area contributed by atoms with E-state index in [9.17, 15) is 13.6 Å². The van der Waals surface area contributed by atoms with Gasteiger partial charge in [0.25, 0.3) is 5.91 Å². The van der Waals surface area contributed by atoms with E-state index < -0.39 is 23.1 Å². The molecule has 1 amide bonds. The maximum absolute atomic E-state index is 13.8. The number of carbonyl (C=O) groups excluding carboxylic acids is 1. The summed E-state index contributed by atoms with van der Waals surface area (Å²) in [6, 6.07) is 4.00. The van der Waals surface area contributed by atoms with E-state index in [-0.39, 0.29) is 12.4 Å². The Balaban J connectivity index is 2.21. The van der Waals surface area contributed by atoms with Crippen molar-refractivity contribution >= 4 is 17.2 Å². The molecule has 1 aromatic carbocycles. The highest BCUT2D eigenvalue weighted by molar-refractivity contribution is 7.10. The van der Waals surface area contributed by atoms with Crippen molar-refractivity contribution in [2.24, 2.45) is 5.73 Å². The predicted molar refractivity (Wildman–Crippen MR) is 68.3 cm³/mol. The van der Waals surface area contributed by atoms with Crippen LogP contribution in [0.4, 0.5) is 8.78 Å². The summed E-state index contributed by atoms with van der Waals surface area (Å²) in [5.74, 6) is -3.42. The molecule has 6 heteroatoms. The topological polar surface area (TPSA) is 52.3 Å². The molecule has 0 aliphatic carbocycles. The number of thiophene rings is 1. The van der Waals surface area contributed by atoms with Crippen molar-refractivity contribution in [2.75, 3.05) is 0 Å².